The Bertz CT molecular complexity index is 1040. The summed E-state index contributed by atoms with van der Waals surface area (Å²) in [6.07, 6.45) is 3.23. The quantitative estimate of drug-likeness (QED) is 0.671. The molecule has 0 fully saturated rings. The second-order valence-corrected chi connectivity index (χ2v) is 6.74. The van der Waals surface area contributed by atoms with E-state index in [0.717, 1.165) is 21.3 Å². The Labute approximate surface area is 148 Å². The number of aryl methyl sites for hydroxylation is 3. The number of methoxy groups -OCH3 is 1. The summed E-state index contributed by atoms with van der Waals surface area (Å²) in [5.74, 6) is -0.607. The Morgan fingerprint density at radius 1 is 1.28 bits per heavy atom. The van der Waals surface area contributed by atoms with Gasteiger partial charge in [0, 0.05) is 19.4 Å². The molecule has 3 aromatic rings. The van der Waals surface area contributed by atoms with Gasteiger partial charge < -0.3 is 13.9 Å². The van der Waals surface area contributed by atoms with Crippen LogP contribution in [-0.4, -0.2) is 33.1 Å². The molecule has 1 amide bonds. The van der Waals surface area contributed by atoms with Gasteiger partial charge in [0.15, 0.2) is 4.80 Å². The molecule has 0 saturated heterocycles. The Morgan fingerprint density at radius 2 is 2.00 bits per heavy atom. The first-order valence-corrected chi connectivity index (χ1v) is 8.46. The summed E-state index contributed by atoms with van der Waals surface area (Å²) in [6.45, 7) is 4.02. The van der Waals surface area contributed by atoms with Crippen molar-refractivity contribution in [2.75, 3.05) is 7.11 Å². The number of benzene rings is 1. The van der Waals surface area contributed by atoms with Gasteiger partial charge in [-0.15, -0.1) is 0 Å². The van der Waals surface area contributed by atoms with Gasteiger partial charge in [-0.25, -0.2) is 4.98 Å². The van der Waals surface area contributed by atoms with Crippen LogP contribution < -0.4 is 4.80 Å². The van der Waals surface area contributed by atoms with E-state index < -0.39 is 11.9 Å². The molecule has 0 spiro atoms. The molecular weight excluding hydrogens is 340 g/mol. The maximum Gasteiger partial charge on any atom is 0.325 e. The van der Waals surface area contributed by atoms with Gasteiger partial charge in [0.1, 0.15) is 6.54 Å². The lowest BCUT2D eigenvalue weighted by molar-refractivity contribution is -0.141. The molecular formula is C17H18N4O3S. The van der Waals surface area contributed by atoms with Gasteiger partial charge in [-0.2, -0.15) is 4.99 Å². The zero-order valence-corrected chi connectivity index (χ0v) is 15.3. The van der Waals surface area contributed by atoms with Gasteiger partial charge in [-0.1, -0.05) is 11.3 Å². The van der Waals surface area contributed by atoms with Crippen LogP contribution in [0.5, 0.6) is 0 Å². The molecule has 0 radical (unpaired) electrons. The van der Waals surface area contributed by atoms with Crippen LogP contribution in [0.1, 0.15) is 21.7 Å². The van der Waals surface area contributed by atoms with Gasteiger partial charge in [0.2, 0.25) is 5.82 Å². The van der Waals surface area contributed by atoms with Gasteiger partial charge in [0.25, 0.3) is 0 Å². The van der Waals surface area contributed by atoms with E-state index in [0.29, 0.717) is 4.80 Å². The highest BCUT2D eigenvalue weighted by Crippen LogP contribution is 2.22. The normalized spacial score (nSPS) is 11.9. The van der Waals surface area contributed by atoms with Crippen molar-refractivity contribution >= 4 is 33.4 Å². The Hall–Kier alpha value is -2.74. The maximum absolute atomic E-state index is 12.4. The van der Waals surface area contributed by atoms with Crippen LogP contribution in [0.25, 0.3) is 10.2 Å². The minimum Gasteiger partial charge on any atom is -0.468 e. The molecule has 2 heterocycles. The second kappa shape index (κ2) is 6.64. The molecule has 0 saturated carbocycles. The van der Waals surface area contributed by atoms with Crippen molar-refractivity contribution in [3.8, 4) is 0 Å². The van der Waals surface area contributed by atoms with Crippen LogP contribution in [0.15, 0.2) is 29.5 Å². The third-order valence-corrected chi connectivity index (χ3v) is 5.06. The molecule has 0 aliphatic heterocycles. The molecule has 3 rings (SSSR count). The molecule has 130 valence electrons. The van der Waals surface area contributed by atoms with Crippen molar-refractivity contribution < 1.29 is 14.3 Å². The Morgan fingerprint density at radius 3 is 2.64 bits per heavy atom. The molecule has 0 bridgehead atoms. The summed E-state index contributed by atoms with van der Waals surface area (Å²) >= 11 is 1.36. The lowest BCUT2D eigenvalue weighted by atomic mass is 10.1. The van der Waals surface area contributed by atoms with E-state index in [9.17, 15) is 9.59 Å². The van der Waals surface area contributed by atoms with Crippen LogP contribution >= 0.6 is 11.3 Å². The zero-order chi connectivity index (χ0) is 18.1. The molecule has 1 aromatic carbocycles. The van der Waals surface area contributed by atoms with E-state index in [1.807, 2.05) is 26.0 Å². The molecule has 0 aliphatic carbocycles. The number of hydrogen-bond acceptors (Lipinski definition) is 5. The van der Waals surface area contributed by atoms with Crippen LogP contribution in [0.4, 0.5) is 0 Å². The molecule has 0 N–H and O–H groups in total. The Kier molecular flexibility index (Phi) is 4.54. The number of nitrogens with zero attached hydrogens (tertiary/aromatic N) is 4. The third-order valence-electron chi connectivity index (χ3n) is 4.02. The third kappa shape index (κ3) is 3.25. The summed E-state index contributed by atoms with van der Waals surface area (Å²) in [4.78, 5) is 32.9. The molecule has 0 aliphatic rings. The minimum atomic E-state index is -0.453. The summed E-state index contributed by atoms with van der Waals surface area (Å²) < 4.78 is 9.05. The highest BCUT2D eigenvalue weighted by atomic mass is 32.1. The van der Waals surface area contributed by atoms with Crippen molar-refractivity contribution in [1.29, 1.82) is 0 Å². The highest BCUT2D eigenvalue weighted by molar-refractivity contribution is 7.16. The van der Waals surface area contributed by atoms with Crippen LogP contribution in [0.3, 0.4) is 0 Å². The van der Waals surface area contributed by atoms with Crippen molar-refractivity contribution in [2.45, 2.75) is 20.4 Å². The molecule has 25 heavy (non-hydrogen) atoms. The molecule has 8 heteroatoms. The number of rotatable bonds is 3. The molecule has 0 unspecified atom stereocenters. The van der Waals surface area contributed by atoms with E-state index in [2.05, 4.69) is 9.98 Å². The van der Waals surface area contributed by atoms with Gasteiger partial charge >= 0.3 is 11.9 Å². The van der Waals surface area contributed by atoms with Crippen molar-refractivity contribution in [3.05, 3.63) is 46.3 Å². The SMILES string of the molecule is COC(=O)Cn1c(=NC(=O)c2nccn2C)sc2cc(C)c(C)cc21. The van der Waals surface area contributed by atoms with E-state index in [4.69, 9.17) is 4.74 Å². The summed E-state index contributed by atoms with van der Waals surface area (Å²) in [5.41, 5.74) is 3.09. The van der Waals surface area contributed by atoms with Crippen LogP contribution in [0.2, 0.25) is 0 Å². The first kappa shape index (κ1) is 17.1. The maximum atomic E-state index is 12.4. The predicted octanol–water partition coefficient (Wildman–Crippen LogP) is 1.97. The number of amides is 1. The summed E-state index contributed by atoms with van der Waals surface area (Å²) in [5, 5.41) is 0. The lowest BCUT2D eigenvalue weighted by Gasteiger charge is -2.05. The van der Waals surface area contributed by atoms with E-state index in [-0.39, 0.29) is 12.4 Å². The number of ether oxygens (including phenoxy) is 1. The van der Waals surface area contributed by atoms with E-state index >= 15 is 0 Å². The largest absolute Gasteiger partial charge is 0.468 e. The van der Waals surface area contributed by atoms with Gasteiger partial charge in [-0.05, 0) is 37.1 Å². The van der Waals surface area contributed by atoms with Crippen molar-refractivity contribution in [1.82, 2.24) is 14.1 Å². The fourth-order valence-electron chi connectivity index (χ4n) is 2.46. The second-order valence-electron chi connectivity index (χ2n) is 5.73. The first-order chi connectivity index (χ1) is 11.9. The van der Waals surface area contributed by atoms with Crippen molar-refractivity contribution in [3.63, 3.8) is 0 Å². The standard InChI is InChI=1S/C17H18N4O3S/c1-10-7-12-13(8-11(10)2)25-17(21(12)9-14(22)24-4)19-16(23)15-18-5-6-20(15)3/h5-8H,9H2,1-4H3. The molecule has 7 nitrogen and oxygen atoms in total. The number of carbonyl (C=O) groups excluding carboxylic acids is 2. The highest BCUT2D eigenvalue weighted by Gasteiger charge is 2.15. The number of imidazole rings is 1. The van der Waals surface area contributed by atoms with Gasteiger partial charge in [0.05, 0.1) is 17.3 Å². The van der Waals surface area contributed by atoms with Crippen LogP contribution in [-0.2, 0) is 23.1 Å². The fraction of sp³-hybridized carbons (Fsp3) is 0.294. The zero-order valence-electron chi connectivity index (χ0n) is 14.4. The van der Waals surface area contributed by atoms with E-state index in [1.54, 1.807) is 28.6 Å². The molecule has 2 aromatic heterocycles. The number of carbonyl (C=O) groups is 2. The number of esters is 1. The number of aromatic nitrogens is 3. The summed E-state index contributed by atoms with van der Waals surface area (Å²) in [7, 11) is 3.07. The van der Waals surface area contributed by atoms with Crippen molar-refractivity contribution in [2.24, 2.45) is 12.0 Å². The topological polar surface area (TPSA) is 78.5 Å². The molecule has 0 atom stereocenters. The summed E-state index contributed by atoms with van der Waals surface area (Å²) in [6, 6.07) is 4.03. The number of thiazole rings is 1. The number of hydrogen-bond donors (Lipinski definition) is 0. The average molecular weight is 358 g/mol. The van der Waals surface area contributed by atoms with Gasteiger partial charge in [-0.3, -0.25) is 9.59 Å². The van der Waals surface area contributed by atoms with E-state index in [1.165, 1.54) is 18.4 Å². The monoisotopic (exact) mass is 358 g/mol. The average Bonchev–Trinajstić information content (AvgIpc) is 3.13. The smallest absolute Gasteiger partial charge is 0.325 e. The predicted molar refractivity (Wildman–Crippen MR) is 94.4 cm³/mol. The number of fused-ring (bicyclic) bond motifs is 1. The minimum absolute atomic E-state index is 0.00825. The van der Waals surface area contributed by atoms with Crippen LogP contribution in [0, 0.1) is 13.8 Å². The first-order valence-electron chi connectivity index (χ1n) is 7.64. The lowest BCUT2D eigenvalue weighted by Crippen LogP contribution is -2.23. The fourth-order valence-corrected chi connectivity index (χ4v) is 3.57. The Balaban J connectivity index is 2.20.